The zero-order chi connectivity index (χ0) is 13.7. The summed E-state index contributed by atoms with van der Waals surface area (Å²) in [5.74, 6) is 0.780. The lowest BCUT2D eigenvalue weighted by Crippen LogP contribution is -2.46. The first-order valence-corrected chi connectivity index (χ1v) is 7.57. The molecule has 0 aromatic heterocycles. The molecule has 1 aliphatic rings. The van der Waals surface area contributed by atoms with Crippen molar-refractivity contribution in [2.24, 2.45) is 5.92 Å². The maximum atomic E-state index is 10.5. The zero-order valence-electron chi connectivity index (χ0n) is 12.2. The fourth-order valence-corrected chi connectivity index (χ4v) is 2.88. The molecule has 0 spiro atoms. The SMILES string of the molecule is CC1CCC(O)(CNC(C)Cc2ccccc2)CC1. The van der Waals surface area contributed by atoms with Crippen molar-refractivity contribution in [3.05, 3.63) is 35.9 Å². The molecule has 2 rings (SSSR count). The van der Waals surface area contributed by atoms with E-state index < -0.39 is 5.60 Å². The second-order valence-corrected chi connectivity index (χ2v) is 6.38. The summed E-state index contributed by atoms with van der Waals surface area (Å²) in [6, 6.07) is 10.9. The van der Waals surface area contributed by atoms with Crippen molar-refractivity contribution in [1.82, 2.24) is 5.32 Å². The summed E-state index contributed by atoms with van der Waals surface area (Å²) < 4.78 is 0. The second-order valence-electron chi connectivity index (χ2n) is 6.38. The summed E-state index contributed by atoms with van der Waals surface area (Å²) in [5, 5.41) is 14.0. The Morgan fingerprint density at radius 2 is 1.89 bits per heavy atom. The van der Waals surface area contributed by atoms with Crippen molar-refractivity contribution < 1.29 is 5.11 Å². The fraction of sp³-hybridized carbons (Fsp3) is 0.647. The van der Waals surface area contributed by atoms with Gasteiger partial charge in [-0.2, -0.15) is 0 Å². The molecule has 0 saturated heterocycles. The number of hydrogen-bond donors (Lipinski definition) is 2. The van der Waals surface area contributed by atoms with Crippen LogP contribution in [0.5, 0.6) is 0 Å². The fourth-order valence-electron chi connectivity index (χ4n) is 2.88. The van der Waals surface area contributed by atoms with Gasteiger partial charge >= 0.3 is 0 Å². The first kappa shape index (κ1) is 14.5. The Bertz CT molecular complexity index is 368. The van der Waals surface area contributed by atoms with Gasteiger partial charge in [-0.25, -0.2) is 0 Å². The summed E-state index contributed by atoms with van der Waals surface area (Å²) in [6.45, 7) is 5.21. The quantitative estimate of drug-likeness (QED) is 0.853. The molecule has 0 aliphatic heterocycles. The maximum absolute atomic E-state index is 10.5. The van der Waals surface area contributed by atoms with Gasteiger partial charge in [-0.05, 0) is 50.5 Å². The van der Waals surface area contributed by atoms with Crippen LogP contribution in [-0.2, 0) is 6.42 Å². The van der Waals surface area contributed by atoms with E-state index in [2.05, 4.69) is 43.4 Å². The average molecular weight is 261 g/mol. The molecule has 0 radical (unpaired) electrons. The van der Waals surface area contributed by atoms with Crippen LogP contribution < -0.4 is 5.32 Å². The van der Waals surface area contributed by atoms with Gasteiger partial charge in [-0.3, -0.25) is 0 Å². The summed E-state index contributed by atoms with van der Waals surface area (Å²) in [6.07, 6.45) is 5.22. The predicted octanol–water partition coefficient (Wildman–Crippen LogP) is 3.15. The van der Waals surface area contributed by atoms with E-state index in [-0.39, 0.29) is 0 Å². The molecule has 1 aromatic rings. The lowest BCUT2D eigenvalue weighted by Gasteiger charge is -2.36. The molecule has 1 unspecified atom stereocenters. The zero-order valence-corrected chi connectivity index (χ0v) is 12.2. The first-order chi connectivity index (χ1) is 9.07. The van der Waals surface area contributed by atoms with Crippen molar-refractivity contribution in [1.29, 1.82) is 0 Å². The molecule has 106 valence electrons. The smallest absolute Gasteiger partial charge is 0.0771 e. The molecule has 19 heavy (non-hydrogen) atoms. The van der Waals surface area contributed by atoms with Gasteiger partial charge in [0.05, 0.1) is 5.60 Å². The predicted molar refractivity (Wildman–Crippen MR) is 80.2 cm³/mol. The van der Waals surface area contributed by atoms with E-state index in [4.69, 9.17) is 0 Å². The lowest BCUT2D eigenvalue weighted by molar-refractivity contribution is -0.00777. The number of nitrogens with one attached hydrogen (secondary N) is 1. The number of benzene rings is 1. The van der Waals surface area contributed by atoms with Crippen LogP contribution >= 0.6 is 0 Å². The summed E-state index contributed by atoms with van der Waals surface area (Å²) >= 11 is 0. The molecule has 1 aliphatic carbocycles. The van der Waals surface area contributed by atoms with Crippen molar-refractivity contribution in [3.63, 3.8) is 0 Å². The summed E-state index contributed by atoms with van der Waals surface area (Å²) in [5.41, 5.74) is 0.879. The van der Waals surface area contributed by atoms with Crippen LogP contribution in [0.25, 0.3) is 0 Å². The highest BCUT2D eigenvalue weighted by Crippen LogP contribution is 2.31. The van der Waals surface area contributed by atoms with Gasteiger partial charge < -0.3 is 10.4 Å². The molecular formula is C17H27NO. The third-order valence-electron chi connectivity index (χ3n) is 4.37. The minimum atomic E-state index is -0.475. The van der Waals surface area contributed by atoms with Gasteiger partial charge in [0, 0.05) is 12.6 Å². The Hall–Kier alpha value is -0.860. The molecule has 2 nitrogen and oxygen atoms in total. The molecule has 1 saturated carbocycles. The van der Waals surface area contributed by atoms with E-state index in [1.807, 2.05) is 6.07 Å². The topological polar surface area (TPSA) is 32.3 Å². The third kappa shape index (κ3) is 4.63. The van der Waals surface area contributed by atoms with Gasteiger partial charge in [-0.15, -0.1) is 0 Å². The van der Waals surface area contributed by atoms with E-state index in [1.54, 1.807) is 0 Å². The highest BCUT2D eigenvalue weighted by atomic mass is 16.3. The van der Waals surface area contributed by atoms with E-state index in [9.17, 15) is 5.11 Å². The van der Waals surface area contributed by atoms with Crippen LogP contribution in [-0.4, -0.2) is 23.3 Å². The van der Waals surface area contributed by atoms with Crippen LogP contribution in [0.2, 0.25) is 0 Å². The molecule has 1 fully saturated rings. The van der Waals surface area contributed by atoms with E-state index in [0.717, 1.165) is 44.6 Å². The third-order valence-corrected chi connectivity index (χ3v) is 4.37. The van der Waals surface area contributed by atoms with Gasteiger partial charge in [0.1, 0.15) is 0 Å². The number of hydrogen-bond acceptors (Lipinski definition) is 2. The van der Waals surface area contributed by atoms with Gasteiger partial charge in [0.15, 0.2) is 0 Å². The van der Waals surface area contributed by atoms with Crippen LogP contribution in [0.4, 0.5) is 0 Å². The highest BCUT2D eigenvalue weighted by Gasteiger charge is 2.31. The molecule has 0 bridgehead atoms. The maximum Gasteiger partial charge on any atom is 0.0771 e. The van der Waals surface area contributed by atoms with Gasteiger partial charge in [0.2, 0.25) is 0 Å². The average Bonchev–Trinajstić information content (AvgIpc) is 2.42. The number of rotatable bonds is 5. The lowest BCUT2D eigenvalue weighted by atomic mass is 9.79. The van der Waals surface area contributed by atoms with Crippen LogP contribution in [0, 0.1) is 5.92 Å². The van der Waals surface area contributed by atoms with E-state index in [0.29, 0.717) is 6.04 Å². The Labute approximate surface area is 117 Å². The molecule has 2 N–H and O–H groups in total. The monoisotopic (exact) mass is 261 g/mol. The Morgan fingerprint density at radius 3 is 2.53 bits per heavy atom. The normalized spacial score (nSPS) is 29.1. The highest BCUT2D eigenvalue weighted by molar-refractivity contribution is 5.15. The summed E-state index contributed by atoms with van der Waals surface area (Å²) in [4.78, 5) is 0. The van der Waals surface area contributed by atoms with Crippen molar-refractivity contribution in [3.8, 4) is 0 Å². The summed E-state index contributed by atoms with van der Waals surface area (Å²) in [7, 11) is 0. The molecule has 1 aromatic carbocycles. The van der Waals surface area contributed by atoms with E-state index in [1.165, 1.54) is 5.56 Å². The molecule has 0 amide bonds. The largest absolute Gasteiger partial charge is 0.389 e. The van der Waals surface area contributed by atoms with Crippen molar-refractivity contribution in [2.45, 2.75) is 57.6 Å². The van der Waals surface area contributed by atoms with Crippen LogP contribution in [0.1, 0.15) is 45.1 Å². The van der Waals surface area contributed by atoms with Crippen LogP contribution in [0.15, 0.2) is 30.3 Å². The molecule has 2 heteroatoms. The Kier molecular flexibility index (Phi) is 5.00. The number of aliphatic hydroxyl groups is 1. The molecule has 1 atom stereocenters. The second kappa shape index (κ2) is 6.53. The molecular weight excluding hydrogens is 234 g/mol. The first-order valence-electron chi connectivity index (χ1n) is 7.57. The minimum Gasteiger partial charge on any atom is -0.389 e. The van der Waals surface area contributed by atoms with Crippen molar-refractivity contribution in [2.75, 3.05) is 6.54 Å². The Balaban J connectivity index is 1.75. The van der Waals surface area contributed by atoms with E-state index >= 15 is 0 Å². The standard InChI is InChI=1S/C17H27NO/c1-14-8-10-17(19,11-9-14)13-18-15(2)12-16-6-4-3-5-7-16/h3-7,14-15,18-19H,8-13H2,1-2H3. The van der Waals surface area contributed by atoms with Crippen molar-refractivity contribution >= 4 is 0 Å². The van der Waals surface area contributed by atoms with Gasteiger partial charge in [0.25, 0.3) is 0 Å². The van der Waals surface area contributed by atoms with Gasteiger partial charge in [-0.1, -0.05) is 37.3 Å². The van der Waals surface area contributed by atoms with Crippen LogP contribution in [0.3, 0.4) is 0 Å². The molecule has 0 heterocycles. The minimum absolute atomic E-state index is 0.408. The Morgan fingerprint density at radius 1 is 1.26 bits per heavy atom.